The van der Waals surface area contributed by atoms with Gasteiger partial charge in [0.05, 0.1) is 20.6 Å². The molecule has 1 aromatic heterocycles. The van der Waals surface area contributed by atoms with Crippen LogP contribution in [0, 0.1) is 6.92 Å². The summed E-state index contributed by atoms with van der Waals surface area (Å²) in [7, 11) is 3.21. The molecule has 0 aliphatic rings. The van der Waals surface area contributed by atoms with Crippen molar-refractivity contribution in [3.05, 3.63) is 64.2 Å². The lowest BCUT2D eigenvalue weighted by Crippen LogP contribution is -2.21. The molecule has 0 radical (unpaired) electrons. The van der Waals surface area contributed by atoms with Crippen molar-refractivity contribution in [1.82, 2.24) is 10.2 Å². The number of hydrogen-bond acceptors (Lipinski definition) is 7. The number of rotatable bonds is 7. The predicted octanol–water partition coefficient (Wildman–Crippen LogP) is 4.27. The molecule has 0 spiro atoms. The number of aliphatic carboxylic acids is 1. The summed E-state index contributed by atoms with van der Waals surface area (Å²) in [6.45, 7) is 1.99. The van der Waals surface area contributed by atoms with E-state index in [9.17, 15) is 18.0 Å². The molecule has 0 aliphatic heterocycles. The number of halogens is 3. The Hall–Kier alpha value is -3.67. The number of nitrogens with zero attached hydrogens (tertiary/aromatic N) is 2. The number of carboxylic acid groups (broad SMARTS) is 1. The quantitative estimate of drug-likeness (QED) is 0.502. The number of carbonyl (C=O) groups excluding carboxylic acids is 1. The topological polar surface area (TPSA) is 111 Å². The molecule has 3 aromatic rings. The summed E-state index contributed by atoms with van der Waals surface area (Å²) in [6.07, 6.45) is -4.16. The van der Waals surface area contributed by atoms with Crippen LogP contribution in [0.1, 0.15) is 21.7 Å². The first kappa shape index (κ1) is 26.6. The van der Waals surface area contributed by atoms with Gasteiger partial charge in [-0.05, 0) is 35.7 Å². The van der Waals surface area contributed by atoms with Crippen molar-refractivity contribution in [3.8, 4) is 11.5 Å². The number of hydrogen-bond donors (Lipinski definition) is 2. The van der Waals surface area contributed by atoms with Crippen molar-refractivity contribution >= 4 is 28.3 Å². The van der Waals surface area contributed by atoms with E-state index in [0.717, 1.165) is 21.7 Å². The van der Waals surface area contributed by atoms with Crippen LogP contribution < -0.4 is 14.8 Å². The van der Waals surface area contributed by atoms with Crippen LogP contribution in [-0.4, -0.2) is 47.6 Å². The van der Waals surface area contributed by atoms with Gasteiger partial charge in [0, 0.05) is 6.42 Å². The van der Waals surface area contributed by atoms with Crippen LogP contribution in [0.2, 0.25) is 0 Å². The van der Waals surface area contributed by atoms with Crippen LogP contribution in [0.3, 0.4) is 0 Å². The number of aromatic nitrogens is 2. The molecule has 0 saturated carbocycles. The van der Waals surface area contributed by atoms with Crippen molar-refractivity contribution in [1.29, 1.82) is 0 Å². The number of methoxy groups -OCH3 is 2. The van der Waals surface area contributed by atoms with Gasteiger partial charge >= 0.3 is 12.1 Å². The lowest BCUT2D eigenvalue weighted by Gasteiger charge is -2.08. The first-order chi connectivity index (χ1) is 16.0. The fourth-order valence-electron chi connectivity index (χ4n) is 2.69. The minimum absolute atomic E-state index is 0.0990. The van der Waals surface area contributed by atoms with Crippen LogP contribution in [0.4, 0.5) is 18.3 Å². The second-order valence-electron chi connectivity index (χ2n) is 6.82. The Morgan fingerprint density at radius 3 is 2.29 bits per heavy atom. The van der Waals surface area contributed by atoms with Crippen LogP contribution in [0.5, 0.6) is 11.5 Å². The van der Waals surface area contributed by atoms with Gasteiger partial charge in [-0.2, -0.15) is 13.2 Å². The molecule has 8 nitrogen and oxygen atoms in total. The standard InChI is InChI=1S/C20H21N3O3S.C2HF3O2/c1-13-6-4-5-7-15(13)12-18(24)21-20-23-22-19(27-20)11-14-8-9-16(25-2)17(10-14)26-3;3-2(4,5)1(6)7/h4-10H,11-12H2,1-3H3,(H,21,23,24);(H,6,7). The van der Waals surface area contributed by atoms with E-state index in [-0.39, 0.29) is 5.91 Å². The Bertz CT molecular complexity index is 1130. The molecular weight excluding hydrogens is 475 g/mol. The number of alkyl halides is 3. The van der Waals surface area contributed by atoms with E-state index in [1.807, 2.05) is 49.4 Å². The van der Waals surface area contributed by atoms with Crippen LogP contribution >= 0.6 is 11.3 Å². The van der Waals surface area contributed by atoms with Gasteiger partial charge in [-0.3, -0.25) is 4.79 Å². The fourth-order valence-corrected chi connectivity index (χ4v) is 3.48. The molecule has 2 N–H and O–H groups in total. The number of carboxylic acids is 1. The lowest BCUT2D eigenvalue weighted by molar-refractivity contribution is -0.192. The van der Waals surface area contributed by atoms with Crippen molar-refractivity contribution in [2.24, 2.45) is 0 Å². The number of carbonyl (C=O) groups is 2. The number of aryl methyl sites for hydroxylation is 1. The molecule has 34 heavy (non-hydrogen) atoms. The Labute approximate surface area is 197 Å². The maximum atomic E-state index is 12.3. The molecule has 0 bridgehead atoms. The fraction of sp³-hybridized carbons (Fsp3) is 0.273. The van der Waals surface area contributed by atoms with Gasteiger partial charge in [-0.15, -0.1) is 10.2 Å². The first-order valence-electron chi connectivity index (χ1n) is 9.71. The van der Waals surface area contributed by atoms with Gasteiger partial charge in [0.15, 0.2) is 11.5 Å². The molecule has 0 atom stereocenters. The van der Waals surface area contributed by atoms with Gasteiger partial charge in [0.25, 0.3) is 0 Å². The highest BCUT2D eigenvalue weighted by atomic mass is 32.1. The Morgan fingerprint density at radius 2 is 1.71 bits per heavy atom. The molecule has 0 aliphatic carbocycles. The zero-order valence-corrected chi connectivity index (χ0v) is 19.3. The Morgan fingerprint density at radius 1 is 1.06 bits per heavy atom. The molecule has 12 heteroatoms. The summed E-state index contributed by atoms with van der Waals surface area (Å²) in [5.41, 5.74) is 3.13. The normalized spacial score (nSPS) is 10.6. The zero-order chi connectivity index (χ0) is 25.3. The van der Waals surface area contributed by atoms with Crippen LogP contribution in [0.15, 0.2) is 42.5 Å². The summed E-state index contributed by atoms with van der Waals surface area (Å²) in [5, 5.41) is 19.5. The smallest absolute Gasteiger partial charge is 0.490 e. The number of benzene rings is 2. The lowest BCUT2D eigenvalue weighted by atomic mass is 10.1. The minimum atomic E-state index is -5.08. The van der Waals surface area contributed by atoms with E-state index in [1.54, 1.807) is 14.2 Å². The van der Waals surface area contributed by atoms with Crippen LogP contribution in [-0.2, 0) is 22.4 Å². The molecule has 0 fully saturated rings. The monoisotopic (exact) mass is 497 g/mol. The second kappa shape index (κ2) is 12.0. The highest BCUT2D eigenvalue weighted by Crippen LogP contribution is 2.29. The molecular formula is C22H22F3N3O5S. The predicted molar refractivity (Wildman–Crippen MR) is 119 cm³/mol. The molecule has 1 amide bonds. The second-order valence-corrected chi connectivity index (χ2v) is 7.88. The minimum Gasteiger partial charge on any atom is -0.493 e. The summed E-state index contributed by atoms with van der Waals surface area (Å²) >= 11 is 1.37. The molecule has 182 valence electrons. The third kappa shape index (κ3) is 8.03. The number of amides is 1. The highest BCUT2D eigenvalue weighted by molar-refractivity contribution is 7.15. The van der Waals surface area contributed by atoms with E-state index in [1.165, 1.54) is 11.3 Å². The number of ether oxygens (including phenoxy) is 2. The average Bonchev–Trinajstić information content (AvgIpc) is 3.21. The third-order valence-corrected chi connectivity index (χ3v) is 5.21. The highest BCUT2D eigenvalue weighted by Gasteiger charge is 2.38. The van der Waals surface area contributed by atoms with E-state index in [4.69, 9.17) is 19.4 Å². The first-order valence-corrected chi connectivity index (χ1v) is 10.5. The van der Waals surface area contributed by atoms with E-state index in [0.29, 0.717) is 29.5 Å². The molecule has 0 unspecified atom stereocenters. The van der Waals surface area contributed by atoms with E-state index < -0.39 is 12.1 Å². The van der Waals surface area contributed by atoms with Gasteiger partial charge < -0.3 is 19.9 Å². The van der Waals surface area contributed by atoms with Gasteiger partial charge in [-0.1, -0.05) is 41.7 Å². The third-order valence-electron chi connectivity index (χ3n) is 4.37. The molecule has 2 aromatic carbocycles. The summed E-state index contributed by atoms with van der Waals surface area (Å²) < 4.78 is 42.3. The zero-order valence-electron chi connectivity index (χ0n) is 18.5. The molecule has 3 rings (SSSR count). The maximum Gasteiger partial charge on any atom is 0.490 e. The molecule has 0 saturated heterocycles. The van der Waals surface area contributed by atoms with Crippen LogP contribution in [0.25, 0.3) is 0 Å². The number of anilines is 1. The SMILES string of the molecule is COc1ccc(Cc2nnc(NC(=O)Cc3ccccc3C)s2)cc1OC.O=C(O)C(F)(F)F. The van der Waals surface area contributed by atoms with E-state index in [2.05, 4.69) is 15.5 Å². The largest absolute Gasteiger partial charge is 0.493 e. The summed E-state index contributed by atoms with van der Waals surface area (Å²) in [5.74, 6) is -1.50. The van der Waals surface area contributed by atoms with Gasteiger partial charge in [0.2, 0.25) is 11.0 Å². The summed E-state index contributed by atoms with van der Waals surface area (Å²) in [6, 6.07) is 13.6. The van der Waals surface area contributed by atoms with Gasteiger partial charge in [0.1, 0.15) is 5.01 Å². The van der Waals surface area contributed by atoms with Gasteiger partial charge in [-0.25, -0.2) is 4.79 Å². The van der Waals surface area contributed by atoms with Crippen molar-refractivity contribution < 1.29 is 37.3 Å². The summed E-state index contributed by atoms with van der Waals surface area (Å²) in [4.78, 5) is 21.1. The van der Waals surface area contributed by atoms with Crippen molar-refractivity contribution in [2.75, 3.05) is 19.5 Å². The van der Waals surface area contributed by atoms with Crippen molar-refractivity contribution in [2.45, 2.75) is 25.9 Å². The Balaban J connectivity index is 0.000000509. The molecule has 1 heterocycles. The average molecular weight is 497 g/mol. The van der Waals surface area contributed by atoms with E-state index >= 15 is 0 Å². The van der Waals surface area contributed by atoms with Crippen molar-refractivity contribution in [3.63, 3.8) is 0 Å². The number of nitrogens with one attached hydrogen (secondary N) is 1. The maximum absolute atomic E-state index is 12.3. The Kier molecular flexibility index (Phi) is 9.36.